The number of pyridine rings is 1. The summed E-state index contributed by atoms with van der Waals surface area (Å²) >= 11 is 6.24. The number of fused-ring (bicyclic) bond motifs is 1. The molecular formula is C18H22ClN3O2. The number of carbonyl (C=O) groups is 1. The van der Waals surface area contributed by atoms with Crippen LogP contribution in [0.25, 0.3) is 10.8 Å². The van der Waals surface area contributed by atoms with Gasteiger partial charge in [-0.25, -0.2) is 0 Å². The van der Waals surface area contributed by atoms with E-state index in [0.29, 0.717) is 23.0 Å². The zero-order valence-corrected chi connectivity index (χ0v) is 14.2. The molecule has 24 heavy (non-hydrogen) atoms. The molecule has 0 bridgehead atoms. The van der Waals surface area contributed by atoms with E-state index < -0.39 is 6.04 Å². The molecule has 6 heteroatoms. The summed E-state index contributed by atoms with van der Waals surface area (Å²) < 4.78 is 0. The van der Waals surface area contributed by atoms with Crippen LogP contribution in [0.4, 0.5) is 5.69 Å². The number of anilines is 1. The SMILES string of the molecule is N[C@@H](CC1CCCCC1)C(=O)Nc1cc2cc(=O)[nH]cc2cc1Cl. The Morgan fingerprint density at radius 1 is 1.25 bits per heavy atom. The lowest BCUT2D eigenvalue weighted by Gasteiger charge is -2.24. The minimum atomic E-state index is -0.543. The molecule has 0 unspecified atom stereocenters. The van der Waals surface area contributed by atoms with Crippen molar-refractivity contribution in [2.24, 2.45) is 11.7 Å². The van der Waals surface area contributed by atoms with E-state index in [1.165, 1.54) is 25.3 Å². The molecule has 1 heterocycles. The molecule has 1 aliphatic rings. The molecule has 1 aromatic heterocycles. The molecule has 1 fully saturated rings. The summed E-state index contributed by atoms with van der Waals surface area (Å²) in [5, 5.41) is 4.76. The lowest BCUT2D eigenvalue weighted by atomic mass is 9.85. The topological polar surface area (TPSA) is 88.0 Å². The number of hydrogen-bond acceptors (Lipinski definition) is 3. The van der Waals surface area contributed by atoms with Crippen LogP contribution in [0.3, 0.4) is 0 Å². The monoisotopic (exact) mass is 347 g/mol. The maximum Gasteiger partial charge on any atom is 0.248 e. The van der Waals surface area contributed by atoms with Crippen LogP contribution in [-0.4, -0.2) is 16.9 Å². The molecule has 0 spiro atoms. The van der Waals surface area contributed by atoms with Gasteiger partial charge in [-0.2, -0.15) is 0 Å². The smallest absolute Gasteiger partial charge is 0.248 e. The predicted octanol–water partition coefficient (Wildman–Crippen LogP) is 3.42. The van der Waals surface area contributed by atoms with E-state index in [2.05, 4.69) is 10.3 Å². The van der Waals surface area contributed by atoms with Crippen molar-refractivity contribution >= 4 is 34.0 Å². The highest BCUT2D eigenvalue weighted by atomic mass is 35.5. The zero-order chi connectivity index (χ0) is 17.1. The molecule has 1 aromatic carbocycles. The van der Waals surface area contributed by atoms with Crippen LogP contribution >= 0.6 is 11.6 Å². The van der Waals surface area contributed by atoms with Gasteiger partial charge in [-0.3, -0.25) is 9.59 Å². The van der Waals surface area contributed by atoms with Crippen molar-refractivity contribution in [3.8, 4) is 0 Å². The van der Waals surface area contributed by atoms with Crippen molar-refractivity contribution in [1.82, 2.24) is 4.98 Å². The van der Waals surface area contributed by atoms with E-state index >= 15 is 0 Å². The van der Waals surface area contributed by atoms with Gasteiger partial charge in [0.2, 0.25) is 11.5 Å². The number of aromatic nitrogens is 1. The molecule has 0 saturated heterocycles. The van der Waals surface area contributed by atoms with E-state index in [1.54, 1.807) is 18.3 Å². The molecule has 1 aliphatic carbocycles. The lowest BCUT2D eigenvalue weighted by molar-refractivity contribution is -0.117. The quantitative estimate of drug-likeness (QED) is 0.791. The van der Waals surface area contributed by atoms with Crippen LogP contribution in [0.15, 0.2) is 29.2 Å². The van der Waals surface area contributed by atoms with Crippen molar-refractivity contribution in [3.05, 3.63) is 39.8 Å². The fourth-order valence-electron chi connectivity index (χ4n) is 3.40. The van der Waals surface area contributed by atoms with Crippen LogP contribution in [-0.2, 0) is 4.79 Å². The molecule has 1 saturated carbocycles. The first kappa shape index (κ1) is 17.0. The third kappa shape index (κ3) is 3.97. The minimum Gasteiger partial charge on any atom is -0.328 e. The summed E-state index contributed by atoms with van der Waals surface area (Å²) in [5.74, 6) is 0.303. The number of amides is 1. The number of carbonyl (C=O) groups excluding carboxylic acids is 1. The molecule has 1 atom stereocenters. The summed E-state index contributed by atoms with van der Waals surface area (Å²) in [5.41, 5.74) is 6.36. The van der Waals surface area contributed by atoms with Gasteiger partial charge >= 0.3 is 0 Å². The predicted molar refractivity (Wildman–Crippen MR) is 97.4 cm³/mol. The Labute approximate surface area is 145 Å². The molecule has 0 aliphatic heterocycles. The second-order valence-electron chi connectivity index (χ2n) is 6.59. The first-order valence-corrected chi connectivity index (χ1v) is 8.79. The van der Waals surface area contributed by atoms with Gasteiger partial charge in [0, 0.05) is 12.3 Å². The highest BCUT2D eigenvalue weighted by molar-refractivity contribution is 6.34. The van der Waals surface area contributed by atoms with Crippen molar-refractivity contribution in [2.45, 2.75) is 44.6 Å². The van der Waals surface area contributed by atoms with Gasteiger partial charge in [0.05, 0.1) is 16.8 Å². The van der Waals surface area contributed by atoms with Crippen molar-refractivity contribution in [3.63, 3.8) is 0 Å². The average Bonchev–Trinajstić information content (AvgIpc) is 2.56. The number of nitrogens with one attached hydrogen (secondary N) is 2. The lowest BCUT2D eigenvalue weighted by Crippen LogP contribution is -2.37. The van der Waals surface area contributed by atoms with Crippen LogP contribution in [0.5, 0.6) is 0 Å². The molecular weight excluding hydrogens is 326 g/mol. The fraction of sp³-hybridized carbons (Fsp3) is 0.444. The number of rotatable bonds is 4. The summed E-state index contributed by atoms with van der Waals surface area (Å²) in [4.78, 5) is 26.4. The van der Waals surface area contributed by atoms with E-state index in [0.717, 1.165) is 23.6 Å². The fourth-order valence-corrected chi connectivity index (χ4v) is 3.62. The Morgan fingerprint density at radius 3 is 2.75 bits per heavy atom. The minimum absolute atomic E-state index is 0.198. The average molecular weight is 348 g/mol. The molecule has 3 rings (SSSR count). The van der Waals surface area contributed by atoms with Crippen LogP contribution in [0, 0.1) is 5.92 Å². The number of H-pyrrole nitrogens is 1. The Balaban J connectivity index is 1.72. The highest BCUT2D eigenvalue weighted by Crippen LogP contribution is 2.29. The molecule has 4 N–H and O–H groups in total. The van der Waals surface area contributed by atoms with Crippen molar-refractivity contribution in [1.29, 1.82) is 0 Å². The van der Waals surface area contributed by atoms with E-state index in [9.17, 15) is 9.59 Å². The van der Waals surface area contributed by atoms with Crippen LogP contribution < -0.4 is 16.6 Å². The first-order chi connectivity index (χ1) is 11.5. The van der Waals surface area contributed by atoms with Crippen LogP contribution in [0.2, 0.25) is 5.02 Å². The van der Waals surface area contributed by atoms with E-state index in [4.69, 9.17) is 17.3 Å². The van der Waals surface area contributed by atoms with Gasteiger partial charge in [0.25, 0.3) is 0 Å². The van der Waals surface area contributed by atoms with Gasteiger partial charge in [0.1, 0.15) is 0 Å². The van der Waals surface area contributed by atoms with Crippen LogP contribution in [0.1, 0.15) is 38.5 Å². The zero-order valence-electron chi connectivity index (χ0n) is 13.5. The van der Waals surface area contributed by atoms with E-state index in [-0.39, 0.29) is 11.5 Å². The number of hydrogen-bond donors (Lipinski definition) is 3. The third-order valence-corrected chi connectivity index (χ3v) is 5.05. The number of benzene rings is 1. The normalized spacial score (nSPS) is 16.9. The summed E-state index contributed by atoms with van der Waals surface area (Å²) in [6.07, 6.45) is 8.35. The van der Waals surface area contributed by atoms with Gasteiger partial charge in [-0.05, 0) is 35.2 Å². The summed E-state index contributed by atoms with van der Waals surface area (Å²) in [6.45, 7) is 0. The Hall–Kier alpha value is -1.85. The summed E-state index contributed by atoms with van der Waals surface area (Å²) in [7, 11) is 0. The van der Waals surface area contributed by atoms with Crippen molar-refractivity contribution < 1.29 is 4.79 Å². The second kappa shape index (κ2) is 7.36. The Bertz CT molecular complexity index is 796. The van der Waals surface area contributed by atoms with Gasteiger partial charge in [0.15, 0.2) is 0 Å². The Kier molecular flexibility index (Phi) is 5.21. The largest absolute Gasteiger partial charge is 0.328 e. The number of halogens is 1. The van der Waals surface area contributed by atoms with Crippen molar-refractivity contribution in [2.75, 3.05) is 5.32 Å². The molecule has 1 amide bonds. The van der Waals surface area contributed by atoms with E-state index in [1.807, 2.05) is 0 Å². The first-order valence-electron chi connectivity index (χ1n) is 8.41. The maximum atomic E-state index is 12.4. The molecule has 128 valence electrons. The molecule has 2 aromatic rings. The number of nitrogens with two attached hydrogens (primary N) is 1. The molecule has 0 radical (unpaired) electrons. The summed E-state index contributed by atoms with van der Waals surface area (Å²) in [6, 6.07) is 4.36. The van der Waals surface area contributed by atoms with Gasteiger partial charge in [-0.1, -0.05) is 43.7 Å². The third-order valence-electron chi connectivity index (χ3n) is 4.74. The van der Waals surface area contributed by atoms with Gasteiger partial charge in [-0.15, -0.1) is 0 Å². The maximum absolute atomic E-state index is 12.4. The standard InChI is InChI=1S/C18H22ClN3O2/c19-14-7-13-10-21-17(23)9-12(13)8-16(14)22-18(24)15(20)6-11-4-2-1-3-5-11/h7-11,15H,1-6,20H2,(H,21,23)(H,22,24)/t15-/m0/s1. The highest BCUT2D eigenvalue weighted by Gasteiger charge is 2.22. The molecule has 5 nitrogen and oxygen atoms in total. The number of aromatic amines is 1. The van der Waals surface area contributed by atoms with Gasteiger partial charge < -0.3 is 16.0 Å². The second-order valence-corrected chi connectivity index (χ2v) is 7.00. The Morgan fingerprint density at radius 2 is 2.00 bits per heavy atom.